The molecule has 1 aromatic rings. The zero-order valence-corrected chi connectivity index (χ0v) is 10.4. The van der Waals surface area contributed by atoms with Gasteiger partial charge in [-0.25, -0.2) is 4.39 Å². The molecule has 0 saturated heterocycles. The van der Waals surface area contributed by atoms with E-state index in [4.69, 9.17) is 11.6 Å². The summed E-state index contributed by atoms with van der Waals surface area (Å²) in [6.07, 6.45) is 6.33. The lowest BCUT2D eigenvalue weighted by molar-refractivity contribution is 0.348. The van der Waals surface area contributed by atoms with E-state index < -0.39 is 0 Å². The van der Waals surface area contributed by atoms with Gasteiger partial charge in [-0.05, 0) is 42.9 Å². The molecule has 0 radical (unpaired) electrons. The van der Waals surface area contributed by atoms with Crippen molar-refractivity contribution >= 4 is 11.6 Å². The monoisotopic (exact) mass is 240 g/mol. The van der Waals surface area contributed by atoms with Crippen LogP contribution in [0.3, 0.4) is 0 Å². The van der Waals surface area contributed by atoms with Gasteiger partial charge in [-0.1, -0.05) is 31.4 Å². The van der Waals surface area contributed by atoms with Crippen LogP contribution in [-0.2, 0) is 0 Å². The van der Waals surface area contributed by atoms with E-state index in [0.29, 0.717) is 11.5 Å². The average Bonchev–Trinajstić information content (AvgIpc) is 2.33. The summed E-state index contributed by atoms with van der Waals surface area (Å²) in [6.45, 7) is 1.79. The molecule has 0 amide bonds. The first-order chi connectivity index (χ1) is 7.68. The lowest BCUT2D eigenvalue weighted by Gasteiger charge is -2.26. The Morgan fingerprint density at radius 2 is 1.94 bits per heavy atom. The van der Waals surface area contributed by atoms with Crippen LogP contribution in [-0.4, -0.2) is 0 Å². The molecule has 0 bridgehead atoms. The van der Waals surface area contributed by atoms with E-state index in [-0.39, 0.29) is 11.2 Å². The zero-order chi connectivity index (χ0) is 11.5. The molecule has 2 rings (SSSR count). The number of benzene rings is 1. The maximum atomic E-state index is 13.2. The van der Waals surface area contributed by atoms with E-state index in [9.17, 15) is 4.39 Å². The van der Waals surface area contributed by atoms with Crippen molar-refractivity contribution in [3.8, 4) is 0 Å². The van der Waals surface area contributed by atoms with Crippen LogP contribution in [0.15, 0.2) is 18.2 Å². The Kier molecular flexibility index (Phi) is 3.86. The zero-order valence-electron chi connectivity index (χ0n) is 9.68. The highest BCUT2D eigenvalue weighted by atomic mass is 35.5. The summed E-state index contributed by atoms with van der Waals surface area (Å²) >= 11 is 6.49. The van der Waals surface area contributed by atoms with Crippen LogP contribution in [0.5, 0.6) is 0 Å². The minimum atomic E-state index is -0.142. The Bertz CT molecular complexity index is 356. The summed E-state index contributed by atoms with van der Waals surface area (Å²) in [5, 5.41) is 0.0552. The van der Waals surface area contributed by atoms with E-state index in [1.807, 2.05) is 12.1 Å². The second-order valence-electron chi connectivity index (χ2n) is 4.81. The van der Waals surface area contributed by atoms with Crippen molar-refractivity contribution in [1.29, 1.82) is 0 Å². The molecule has 88 valence electrons. The van der Waals surface area contributed by atoms with Crippen LogP contribution in [0.2, 0.25) is 0 Å². The van der Waals surface area contributed by atoms with Crippen LogP contribution < -0.4 is 0 Å². The predicted molar refractivity (Wildman–Crippen MR) is 66.3 cm³/mol. The van der Waals surface area contributed by atoms with E-state index in [1.165, 1.54) is 38.2 Å². The van der Waals surface area contributed by atoms with Gasteiger partial charge < -0.3 is 0 Å². The smallest absolute Gasteiger partial charge is 0.126 e. The lowest BCUT2D eigenvalue weighted by atomic mass is 9.84. The van der Waals surface area contributed by atoms with Gasteiger partial charge in [-0.2, -0.15) is 0 Å². The normalized spacial score (nSPS) is 19.7. The molecule has 1 fully saturated rings. The number of aryl methyl sites for hydroxylation is 1. The fraction of sp³-hybridized carbons (Fsp3) is 0.571. The Labute approximate surface area is 102 Å². The van der Waals surface area contributed by atoms with Gasteiger partial charge in [-0.3, -0.25) is 0 Å². The maximum Gasteiger partial charge on any atom is 0.126 e. The van der Waals surface area contributed by atoms with Crippen molar-refractivity contribution in [1.82, 2.24) is 0 Å². The van der Waals surface area contributed by atoms with Gasteiger partial charge in [0.05, 0.1) is 5.38 Å². The Morgan fingerprint density at radius 1 is 1.25 bits per heavy atom. The molecule has 1 atom stereocenters. The lowest BCUT2D eigenvalue weighted by Crippen LogP contribution is -2.12. The van der Waals surface area contributed by atoms with Gasteiger partial charge in [0.2, 0.25) is 0 Å². The molecule has 1 aliphatic carbocycles. The Hall–Kier alpha value is -0.560. The molecular weight excluding hydrogens is 223 g/mol. The van der Waals surface area contributed by atoms with Crippen molar-refractivity contribution < 1.29 is 4.39 Å². The van der Waals surface area contributed by atoms with Crippen LogP contribution in [0.4, 0.5) is 4.39 Å². The predicted octanol–water partition coefficient (Wildman–Crippen LogP) is 4.99. The first-order valence-corrected chi connectivity index (χ1v) is 6.52. The minimum Gasteiger partial charge on any atom is -0.207 e. The van der Waals surface area contributed by atoms with Crippen LogP contribution in [0.25, 0.3) is 0 Å². The third-order valence-corrected chi connectivity index (χ3v) is 4.17. The average molecular weight is 241 g/mol. The molecule has 1 aromatic carbocycles. The molecule has 2 heteroatoms. The molecular formula is C14H18ClF. The fourth-order valence-corrected chi connectivity index (χ4v) is 2.93. The summed E-state index contributed by atoms with van der Waals surface area (Å²) in [5.41, 5.74) is 1.77. The minimum absolute atomic E-state index is 0.0552. The van der Waals surface area contributed by atoms with E-state index in [2.05, 4.69) is 0 Å². The van der Waals surface area contributed by atoms with Gasteiger partial charge in [0.25, 0.3) is 0 Å². The molecule has 1 unspecified atom stereocenters. The second kappa shape index (κ2) is 5.18. The summed E-state index contributed by atoms with van der Waals surface area (Å²) < 4.78 is 13.2. The topological polar surface area (TPSA) is 0 Å². The summed E-state index contributed by atoms with van der Waals surface area (Å²) in [5.74, 6) is 0.427. The number of hydrogen-bond donors (Lipinski definition) is 0. The van der Waals surface area contributed by atoms with E-state index in [0.717, 1.165) is 5.56 Å². The van der Waals surface area contributed by atoms with Crippen LogP contribution >= 0.6 is 11.6 Å². The van der Waals surface area contributed by atoms with Crippen molar-refractivity contribution in [3.05, 3.63) is 35.1 Å². The highest BCUT2D eigenvalue weighted by Crippen LogP contribution is 2.38. The highest BCUT2D eigenvalue weighted by Gasteiger charge is 2.23. The largest absolute Gasteiger partial charge is 0.207 e. The molecule has 0 N–H and O–H groups in total. The second-order valence-corrected chi connectivity index (χ2v) is 5.28. The number of rotatable bonds is 2. The molecule has 16 heavy (non-hydrogen) atoms. The molecule has 0 nitrogen and oxygen atoms in total. The summed E-state index contributed by atoms with van der Waals surface area (Å²) in [6, 6.07) is 5.25. The third kappa shape index (κ3) is 2.57. The van der Waals surface area contributed by atoms with Crippen molar-refractivity contribution in [3.63, 3.8) is 0 Å². The summed E-state index contributed by atoms with van der Waals surface area (Å²) in [7, 11) is 0. The Balaban J connectivity index is 2.12. The fourth-order valence-electron chi connectivity index (χ4n) is 2.54. The third-order valence-electron chi connectivity index (χ3n) is 3.56. The van der Waals surface area contributed by atoms with Crippen molar-refractivity contribution in [2.75, 3.05) is 0 Å². The molecule has 0 aliphatic heterocycles. The quantitative estimate of drug-likeness (QED) is 0.639. The number of alkyl halides is 1. The van der Waals surface area contributed by atoms with Crippen LogP contribution in [0.1, 0.15) is 48.6 Å². The SMILES string of the molecule is Cc1cc(C(Cl)C2CCCCC2)ccc1F. The highest BCUT2D eigenvalue weighted by molar-refractivity contribution is 6.21. The van der Waals surface area contributed by atoms with Crippen molar-refractivity contribution in [2.45, 2.75) is 44.4 Å². The maximum absolute atomic E-state index is 13.2. The molecule has 0 spiro atoms. The molecule has 0 aromatic heterocycles. The van der Waals surface area contributed by atoms with Crippen molar-refractivity contribution in [2.24, 2.45) is 5.92 Å². The number of hydrogen-bond acceptors (Lipinski definition) is 0. The van der Waals surface area contributed by atoms with Gasteiger partial charge in [0, 0.05) is 0 Å². The van der Waals surface area contributed by atoms with Gasteiger partial charge in [0.1, 0.15) is 5.82 Å². The molecule has 1 saturated carbocycles. The summed E-state index contributed by atoms with van der Waals surface area (Å²) in [4.78, 5) is 0. The number of halogens is 2. The van der Waals surface area contributed by atoms with E-state index >= 15 is 0 Å². The Morgan fingerprint density at radius 3 is 2.56 bits per heavy atom. The molecule has 1 aliphatic rings. The standard InChI is InChI=1S/C14H18ClF/c1-10-9-12(7-8-13(10)16)14(15)11-5-3-2-4-6-11/h7-9,11,14H,2-6H2,1H3. The first-order valence-electron chi connectivity index (χ1n) is 6.08. The van der Waals surface area contributed by atoms with Gasteiger partial charge >= 0.3 is 0 Å². The van der Waals surface area contributed by atoms with Gasteiger partial charge in [-0.15, -0.1) is 11.6 Å². The van der Waals surface area contributed by atoms with Gasteiger partial charge in [0.15, 0.2) is 0 Å². The van der Waals surface area contributed by atoms with Crippen LogP contribution in [0, 0.1) is 18.7 Å². The first kappa shape index (κ1) is 11.9. The molecule has 0 heterocycles. The van der Waals surface area contributed by atoms with E-state index in [1.54, 1.807) is 6.92 Å².